The first-order valence-corrected chi connectivity index (χ1v) is 7.28. The number of aliphatic hydroxyl groups is 1. The van der Waals surface area contributed by atoms with E-state index in [9.17, 15) is 9.90 Å². The number of carbonyl (C=O) groups is 1. The van der Waals surface area contributed by atoms with E-state index >= 15 is 0 Å². The monoisotopic (exact) mass is 254 g/mol. The van der Waals surface area contributed by atoms with Crippen molar-refractivity contribution < 1.29 is 9.90 Å². The smallest absolute Gasteiger partial charge is 0.242 e. The van der Waals surface area contributed by atoms with E-state index in [1.165, 1.54) is 19.3 Å². The standard InChI is InChI=1S/C14H26N2O2/c1-14(15,11-7-8-11)13(18)16(9-10-17)12-5-3-2-4-6-12/h11-12,17H,2-10,15H2,1H3. The highest BCUT2D eigenvalue weighted by Crippen LogP contribution is 2.39. The molecule has 0 saturated heterocycles. The predicted molar refractivity (Wildman–Crippen MR) is 71.0 cm³/mol. The third kappa shape index (κ3) is 2.86. The molecule has 2 aliphatic carbocycles. The van der Waals surface area contributed by atoms with Gasteiger partial charge in [0.15, 0.2) is 0 Å². The van der Waals surface area contributed by atoms with Crippen molar-refractivity contribution >= 4 is 5.91 Å². The van der Waals surface area contributed by atoms with Gasteiger partial charge in [0, 0.05) is 12.6 Å². The average Bonchev–Trinajstić information content (AvgIpc) is 3.20. The van der Waals surface area contributed by atoms with Crippen molar-refractivity contribution in [2.45, 2.75) is 63.5 Å². The van der Waals surface area contributed by atoms with Crippen molar-refractivity contribution in [1.29, 1.82) is 0 Å². The van der Waals surface area contributed by atoms with E-state index in [-0.39, 0.29) is 12.5 Å². The molecule has 1 atom stereocenters. The molecule has 4 heteroatoms. The van der Waals surface area contributed by atoms with Gasteiger partial charge in [-0.25, -0.2) is 0 Å². The van der Waals surface area contributed by atoms with Gasteiger partial charge in [-0.3, -0.25) is 4.79 Å². The third-order valence-electron chi connectivity index (χ3n) is 4.50. The minimum atomic E-state index is -0.730. The summed E-state index contributed by atoms with van der Waals surface area (Å²) in [6.45, 7) is 2.33. The summed E-state index contributed by atoms with van der Waals surface area (Å²) >= 11 is 0. The van der Waals surface area contributed by atoms with Crippen molar-refractivity contribution in [3.05, 3.63) is 0 Å². The highest BCUT2D eigenvalue weighted by Gasteiger charge is 2.46. The van der Waals surface area contributed by atoms with Crippen LogP contribution in [0.4, 0.5) is 0 Å². The number of aliphatic hydroxyl groups excluding tert-OH is 1. The molecule has 0 radical (unpaired) electrons. The Labute approximate surface area is 110 Å². The number of rotatable bonds is 5. The molecular formula is C14H26N2O2. The molecule has 2 fully saturated rings. The summed E-state index contributed by atoms with van der Waals surface area (Å²) in [6.07, 6.45) is 7.89. The fraction of sp³-hybridized carbons (Fsp3) is 0.929. The van der Waals surface area contributed by atoms with Crippen LogP contribution in [0.2, 0.25) is 0 Å². The first kappa shape index (κ1) is 13.8. The van der Waals surface area contributed by atoms with Gasteiger partial charge in [0.1, 0.15) is 0 Å². The van der Waals surface area contributed by atoms with Crippen LogP contribution in [0.15, 0.2) is 0 Å². The first-order valence-electron chi connectivity index (χ1n) is 7.28. The normalized spacial score (nSPS) is 24.6. The van der Waals surface area contributed by atoms with Crippen LogP contribution in [0.5, 0.6) is 0 Å². The lowest BCUT2D eigenvalue weighted by molar-refractivity contribution is -0.141. The largest absolute Gasteiger partial charge is 0.395 e. The van der Waals surface area contributed by atoms with Gasteiger partial charge in [-0.1, -0.05) is 19.3 Å². The van der Waals surface area contributed by atoms with Crippen LogP contribution in [-0.4, -0.2) is 40.6 Å². The number of hydrogen-bond acceptors (Lipinski definition) is 3. The first-order chi connectivity index (χ1) is 8.57. The Morgan fingerprint density at radius 1 is 1.28 bits per heavy atom. The fourth-order valence-corrected chi connectivity index (χ4v) is 3.12. The topological polar surface area (TPSA) is 66.6 Å². The third-order valence-corrected chi connectivity index (χ3v) is 4.50. The van der Waals surface area contributed by atoms with E-state index in [2.05, 4.69) is 0 Å². The second kappa shape index (κ2) is 5.57. The van der Waals surface area contributed by atoms with Gasteiger partial charge in [0.2, 0.25) is 5.91 Å². The fourth-order valence-electron chi connectivity index (χ4n) is 3.12. The van der Waals surface area contributed by atoms with E-state index < -0.39 is 5.54 Å². The van der Waals surface area contributed by atoms with Gasteiger partial charge in [-0.05, 0) is 38.5 Å². The summed E-state index contributed by atoms with van der Waals surface area (Å²) in [7, 11) is 0. The molecule has 0 bridgehead atoms. The van der Waals surface area contributed by atoms with Gasteiger partial charge in [0.05, 0.1) is 12.1 Å². The quantitative estimate of drug-likeness (QED) is 0.776. The van der Waals surface area contributed by atoms with Crippen LogP contribution in [0.25, 0.3) is 0 Å². The number of nitrogens with zero attached hydrogens (tertiary/aromatic N) is 1. The average molecular weight is 254 g/mol. The van der Waals surface area contributed by atoms with Crippen molar-refractivity contribution in [1.82, 2.24) is 4.90 Å². The number of nitrogens with two attached hydrogens (primary N) is 1. The van der Waals surface area contributed by atoms with E-state index in [0.717, 1.165) is 25.7 Å². The lowest BCUT2D eigenvalue weighted by atomic mass is 9.90. The molecule has 0 aromatic heterocycles. The van der Waals surface area contributed by atoms with Crippen LogP contribution in [0.3, 0.4) is 0 Å². The maximum Gasteiger partial charge on any atom is 0.242 e. The zero-order chi connectivity index (χ0) is 13.2. The lowest BCUT2D eigenvalue weighted by Crippen LogP contribution is -2.58. The van der Waals surface area contributed by atoms with E-state index in [1.807, 2.05) is 11.8 Å². The summed E-state index contributed by atoms with van der Waals surface area (Å²) in [4.78, 5) is 14.5. The zero-order valence-corrected chi connectivity index (χ0v) is 11.4. The Hall–Kier alpha value is -0.610. The summed E-state index contributed by atoms with van der Waals surface area (Å²) in [5, 5.41) is 9.20. The van der Waals surface area contributed by atoms with Crippen LogP contribution in [0, 0.1) is 5.92 Å². The molecule has 3 N–H and O–H groups in total. The van der Waals surface area contributed by atoms with Crippen LogP contribution in [0.1, 0.15) is 51.9 Å². The predicted octanol–water partition coefficient (Wildman–Crippen LogP) is 1.27. The Balaban J connectivity index is 2.05. The summed E-state index contributed by atoms with van der Waals surface area (Å²) in [5.41, 5.74) is 5.50. The van der Waals surface area contributed by atoms with Gasteiger partial charge in [-0.15, -0.1) is 0 Å². The SMILES string of the molecule is CC(N)(C(=O)N(CCO)C1CCCCC1)C1CC1. The molecule has 18 heavy (non-hydrogen) atoms. The molecule has 0 aromatic carbocycles. The maximum atomic E-state index is 12.6. The summed E-state index contributed by atoms with van der Waals surface area (Å²) < 4.78 is 0. The van der Waals surface area contributed by atoms with Crippen LogP contribution in [-0.2, 0) is 4.79 Å². The Morgan fingerprint density at radius 2 is 1.89 bits per heavy atom. The van der Waals surface area contributed by atoms with Crippen LogP contribution < -0.4 is 5.73 Å². The molecule has 0 aromatic rings. The second-order valence-electron chi connectivity index (χ2n) is 6.07. The molecule has 0 spiro atoms. The van der Waals surface area contributed by atoms with Crippen molar-refractivity contribution in [2.24, 2.45) is 11.7 Å². The lowest BCUT2D eigenvalue weighted by Gasteiger charge is -2.39. The van der Waals surface area contributed by atoms with Gasteiger partial charge in [0.25, 0.3) is 0 Å². The van der Waals surface area contributed by atoms with Crippen LogP contribution >= 0.6 is 0 Å². The van der Waals surface area contributed by atoms with Gasteiger partial charge >= 0.3 is 0 Å². The van der Waals surface area contributed by atoms with E-state index in [1.54, 1.807) is 0 Å². The maximum absolute atomic E-state index is 12.6. The molecular weight excluding hydrogens is 228 g/mol. The van der Waals surface area contributed by atoms with E-state index in [4.69, 9.17) is 5.73 Å². The Bertz CT molecular complexity index is 294. The highest BCUT2D eigenvalue weighted by molar-refractivity contribution is 5.86. The number of carbonyl (C=O) groups excluding carboxylic acids is 1. The minimum Gasteiger partial charge on any atom is -0.395 e. The molecule has 2 saturated carbocycles. The summed E-state index contributed by atoms with van der Waals surface area (Å²) in [5.74, 6) is 0.390. The van der Waals surface area contributed by atoms with Crippen molar-refractivity contribution in [3.8, 4) is 0 Å². The number of hydrogen-bond donors (Lipinski definition) is 2. The Morgan fingerprint density at radius 3 is 2.39 bits per heavy atom. The van der Waals surface area contributed by atoms with E-state index in [0.29, 0.717) is 18.5 Å². The molecule has 1 amide bonds. The molecule has 2 rings (SSSR count). The van der Waals surface area contributed by atoms with Crippen molar-refractivity contribution in [2.75, 3.05) is 13.2 Å². The Kier molecular flexibility index (Phi) is 4.28. The minimum absolute atomic E-state index is 0.0307. The number of amides is 1. The molecule has 104 valence electrons. The summed E-state index contributed by atoms with van der Waals surface area (Å²) in [6, 6.07) is 0.292. The van der Waals surface area contributed by atoms with Gasteiger partial charge < -0.3 is 15.7 Å². The molecule has 0 heterocycles. The second-order valence-corrected chi connectivity index (χ2v) is 6.07. The van der Waals surface area contributed by atoms with Crippen molar-refractivity contribution in [3.63, 3.8) is 0 Å². The molecule has 2 aliphatic rings. The molecule has 4 nitrogen and oxygen atoms in total. The van der Waals surface area contributed by atoms with Gasteiger partial charge in [-0.2, -0.15) is 0 Å². The molecule has 1 unspecified atom stereocenters. The highest BCUT2D eigenvalue weighted by atomic mass is 16.3. The molecule has 0 aliphatic heterocycles. The zero-order valence-electron chi connectivity index (χ0n) is 11.4.